The highest BCUT2D eigenvalue weighted by Crippen LogP contribution is 2.38. The molecule has 0 amide bonds. The van der Waals surface area contributed by atoms with Gasteiger partial charge in [-0.2, -0.15) is 0 Å². The number of aldehydes is 1. The SMILES string of the molecule is CC1CCC(C=O)(CN2CCC(N3CCCCC3)C2)CC1. The Hall–Kier alpha value is -0.410. The zero-order valence-electron chi connectivity index (χ0n) is 13.7. The number of carbonyl (C=O) groups is 1. The average Bonchev–Trinajstić information content (AvgIpc) is 2.99. The number of hydrogen-bond donors (Lipinski definition) is 0. The van der Waals surface area contributed by atoms with E-state index in [1.165, 1.54) is 71.0 Å². The van der Waals surface area contributed by atoms with E-state index < -0.39 is 0 Å². The van der Waals surface area contributed by atoms with Crippen molar-refractivity contribution in [3.63, 3.8) is 0 Å². The van der Waals surface area contributed by atoms with Crippen molar-refractivity contribution in [3.8, 4) is 0 Å². The highest BCUT2D eigenvalue weighted by Gasteiger charge is 2.38. The Kier molecular flexibility index (Phi) is 5.00. The number of nitrogens with zero attached hydrogens (tertiary/aromatic N) is 2. The second-order valence-electron chi connectivity index (χ2n) is 7.94. The van der Waals surface area contributed by atoms with Crippen molar-refractivity contribution < 1.29 is 4.79 Å². The number of rotatable bonds is 4. The van der Waals surface area contributed by atoms with E-state index in [1.54, 1.807) is 0 Å². The molecular formula is C18H32N2O. The quantitative estimate of drug-likeness (QED) is 0.744. The molecule has 1 unspecified atom stereocenters. The highest BCUT2D eigenvalue weighted by molar-refractivity contribution is 5.60. The first-order valence-corrected chi connectivity index (χ1v) is 9.13. The Balaban J connectivity index is 1.52. The van der Waals surface area contributed by atoms with Crippen molar-refractivity contribution in [1.29, 1.82) is 0 Å². The molecule has 0 aromatic heterocycles. The monoisotopic (exact) mass is 292 g/mol. The first-order chi connectivity index (χ1) is 10.2. The zero-order chi connectivity index (χ0) is 14.7. The topological polar surface area (TPSA) is 23.6 Å². The molecule has 0 spiro atoms. The molecule has 3 nitrogen and oxygen atoms in total. The van der Waals surface area contributed by atoms with E-state index in [0.29, 0.717) is 0 Å². The molecule has 1 atom stereocenters. The van der Waals surface area contributed by atoms with E-state index in [1.807, 2.05) is 0 Å². The summed E-state index contributed by atoms with van der Waals surface area (Å²) in [6.07, 6.45) is 11.5. The molecule has 120 valence electrons. The van der Waals surface area contributed by atoms with Gasteiger partial charge < -0.3 is 9.69 Å². The Morgan fingerprint density at radius 2 is 1.76 bits per heavy atom. The third-order valence-electron chi connectivity index (χ3n) is 6.21. The summed E-state index contributed by atoms with van der Waals surface area (Å²) >= 11 is 0. The first-order valence-electron chi connectivity index (χ1n) is 9.13. The number of piperidine rings is 1. The van der Waals surface area contributed by atoms with Gasteiger partial charge in [0.2, 0.25) is 0 Å². The normalized spacial score (nSPS) is 39.5. The van der Waals surface area contributed by atoms with E-state index in [-0.39, 0.29) is 5.41 Å². The van der Waals surface area contributed by atoms with Crippen molar-refractivity contribution in [2.75, 3.05) is 32.7 Å². The van der Waals surface area contributed by atoms with Crippen LogP contribution in [-0.2, 0) is 4.79 Å². The Bertz CT molecular complexity index is 343. The van der Waals surface area contributed by atoms with E-state index >= 15 is 0 Å². The summed E-state index contributed by atoms with van der Waals surface area (Å²) in [6, 6.07) is 0.761. The number of likely N-dealkylation sites (tertiary alicyclic amines) is 2. The summed E-state index contributed by atoms with van der Waals surface area (Å²) in [6.45, 7) is 8.35. The fraction of sp³-hybridized carbons (Fsp3) is 0.944. The van der Waals surface area contributed by atoms with Crippen molar-refractivity contribution >= 4 is 6.29 Å². The third kappa shape index (κ3) is 3.68. The largest absolute Gasteiger partial charge is 0.303 e. The van der Waals surface area contributed by atoms with Crippen LogP contribution >= 0.6 is 0 Å². The average molecular weight is 292 g/mol. The zero-order valence-corrected chi connectivity index (χ0v) is 13.7. The molecule has 1 saturated carbocycles. The van der Waals surface area contributed by atoms with Crippen molar-refractivity contribution in [2.45, 2.75) is 64.3 Å². The van der Waals surface area contributed by atoms with E-state index in [4.69, 9.17) is 0 Å². The molecule has 3 rings (SSSR count). The smallest absolute Gasteiger partial charge is 0.127 e. The minimum atomic E-state index is -0.0245. The molecule has 2 aliphatic heterocycles. The van der Waals surface area contributed by atoms with Crippen LogP contribution in [-0.4, -0.2) is 54.9 Å². The summed E-state index contributed by atoms with van der Waals surface area (Å²) in [7, 11) is 0. The van der Waals surface area contributed by atoms with Crippen LogP contribution in [0.15, 0.2) is 0 Å². The fourth-order valence-corrected chi connectivity index (χ4v) is 4.63. The lowest BCUT2D eigenvalue weighted by molar-refractivity contribution is -0.119. The molecule has 3 heteroatoms. The van der Waals surface area contributed by atoms with Gasteiger partial charge in [0.25, 0.3) is 0 Å². The fourth-order valence-electron chi connectivity index (χ4n) is 4.63. The molecule has 2 saturated heterocycles. The summed E-state index contributed by atoms with van der Waals surface area (Å²) in [5.41, 5.74) is -0.0245. The maximum absolute atomic E-state index is 11.7. The van der Waals surface area contributed by atoms with E-state index in [2.05, 4.69) is 16.7 Å². The molecule has 0 N–H and O–H groups in total. The lowest BCUT2D eigenvalue weighted by atomic mass is 9.71. The summed E-state index contributed by atoms with van der Waals surface area (Å²) in [5.74, 6) is 0.817. The third-order valence-corrected chi connectivity index (χ3v) is 6.21. The van der Waals surface area contributed by atoms with Crippen LogP contribution in [0.1, 0.15) is 58.3 Å². The van der Waals surface area contributed by atoms with Gasteiger partial charge in [0.15, 0.2) is 0 Å². The molecular weight excluding hydrogens is 260 g/mol. The molecule has 2 heterocycles. The van der Waals surface area contributed by atoms with Crippen LogP contribution in [0.3, 0.4) is 0 Å². The summed E-state index contributed by atoms with van der Waals surface area (Å²) in [5, 5.41) is 0. The molecule has 0 aromatic carbocycles. The minimum Gasteiger partial charge on any atom is -0.303 e. The maximum Gasteiger partial charge on any atom is 0.127 e. The van der Waals surface area contributed by atoms with Crippen LogP contribution in [0, 0.1) is 11.3 Å². The second kappa shape index (κ2) is 6.78. The van der Waals surface area contributed by atoms with Crippen LogP contribution in [0.5, 0.6) is 0 Å². The van der Waals surface area contributed by atoms with Gasteiger partial charge in [0.05, 0.1) is 0 Å². The van der Waals surface area contributed by atoms with E-state index in [9.17, 15) is 4.79 Å². The molecule has 0 bridgehead atoms. The summed E-state index contributed by atoms with van der Waals surface area (Å²) in [4.78, 5) is 17.0. The maximum atomic E-state index is 11.7. The van der Waals surface area contributed by atoms with Crippen LogP contribution < -0.4 is 0 Å². The van der Waals surface area contributed by atoms with Gasteiger partial charge in [-0.1, -0.05) is 13.3 Å². The standard InChI is InChI=1S/C18H32N2O/c1-16-5-8-18(15-21,9-6-16)14-19-12-7-17(13-19)20-10-3-2-4-11-20/h15-17H,2-14H2,1H3. The number of hydrogen-bond acceptors (Lipinski definition) is 3. The lowest BCUT2D eigenvalue weighted by Gasteiger charge is -2.38. The van der Waals surface area contributed by atoms with Crippen molar-refractivity contribution in [3.05, 3.63) is 0 Å². The Labute approximate surface area is 130 Å². The summed E-state index contributed by atoms with van der Waals surface area (Å²) < 4.78 is 0. The van der Waals surface area contributed by atoms with Crippen molar-refractivity contribution in [2.24, 2.45) is 11.3 Å². The molecule has 0 aromatic rings. The van der Waals surface area contributed by atoms with Gasteiger partial charge in [-0.25, -0.2) is 0 Å². The second-order valence-corrected chi connectivity index (χ2v) is 7.94. The molecule has 21 heavy (non-hydrogen) atoms. The minimum absolute atomic E-state index is 0.0245. The molecule has 0 radical (unpaired) electrons. The van der Waals surface area contributed by atoms with Gasteiger partial charge in [-0.05, 0) is 70.5 Å². The van der Waals surface area contributed by atoms with Gasteiger partial charge in [-0.15, -0.1) is 0 Å². The molecule has 3 aliphatic rings. The Morgan fingerprint density at radius 3 is 2.43 bits per heavy atom. The lowest BCUT2D eigenvalue weighted by Crippen LogP contribution is -2.44. The molecule has 3 fully saturated rings. The van der Waals surface area contributed by atoms with E-state index in [0.717, 1.165) is 31.3 Å². The van der Waals surface area contributed by atoms with Crippen LogP contribution in [0.2, 0.25) is 0 Å². The predicted molar refractivity (Wildman–Crippen MR) is 86.4 cm³/mol. The van der Waals surface area contributed by atoms with Gasteiger partial charge in [0.1, 0.15) is 6.29 Å². The van der Waals surface area contributed by atoms with Gasteiger partial charge in [0, 0.05) is 24.5 Å². The Morgan fingerprint density at radius 1 is 1.05 bits per heavy atom. The highest BCUT2D eigenvalue weighted by atomic mass is 16.1. The van der Waals surface area contributed by atoms with Gasteiger partial charge in [-0.3, -0.25) is 4.90 Å². The number of carbonyl (C=O) groups excluding carboxylic acids is 1. The predicted octanol–water partition coefficient (Wildman–Crippen LogP) is 2.94. The van der Waals surface area contributed by atoms with Crippen LogP contribution in [0.4, 0.5) is 0 Å². The van der Waals surface area contributed by atoms with Gasteiger partial charge >= 0.3 is 0 Å². The van der Waals surface area contributed by atoms with Crippen molar-refractivity contribution in [1.82, 2.24) is 9.80 Å². The van der Waals surface area contributed by atoms with Crippen LogP contribution in [0.25, 0.3) is 0 Å². The molecule has 1 aliphatic carbocycles. The first kappa shape index (κ1) is 15.5.